The summed E-state index contributed by atoms with van der Waals surface area (Å²) in [6.07, 6.45) is -1.66. The van der Waals surface area contributed by atoms with Gasteiger partial charge in [-0.1, -0.05) is 0 Å². The molecule has 1 unspecified atom stereocenters. The number of urea groups is 1. The second-order valence-corrected chi connectivity index (χ2v) is 7.41. The molecule has 0 aliphatic carbocycles. The lowest BCUT2D eigenvalue weighted by Gasteiger charge is -2.39. The molecule has 1 atom stereocenters. The van der Waals surface area contributed by atoms with Crippen molar-refractivity contribution in [2.24, 2.45) is 0 Å². The number of nitrogens with one attached hydrogen (secondary N) is 1. The highest BCUT2D eigenvalue weighted by Gasteiger charge is 2.37. The summed E-state index contributed by atoms with van der Waals surface area (Å²) in [5.41, 5.74) is -1.12. The Labute approximate surface area is 146 Å². The Morgan fingerprint density at radius 2 is 2.04 bits per heavy atom. The smallest absolute Gasteiger partial charge is 0.354 e. The highest BCUT2D eigenvalue weighted by atomic mass is 19.4. The maximum absolute atomic E-state index is 13.2. The van der Waals surface area contributed by atoms with Crippen LogP contribution in [0, 0.1) is 0 Å². The molecule has 2 rings (SSSR count). The average molecular weight is 358 g/mol. The number of halogens is 3. The molecule has 1 aromatic heterocycles. The first kappa shape index (κ1) is 19.3. The highest BCUT2D eigenvalue weighted by Crippen LogP contribution is 2.36. The zero-order valence-corrected chi connectivity index (χ0v) is 15.0. The highest BCUT2D eigenvalue weighted by molar-refractivity contribution is 5.75. The minimum atomic E-state index is -4.46. The number of amides is 2. The van der Waals surface area contributed by atoms with Crippen LogP contribution in [0.3, 0.4) is 0 Å². The van der Waals surface area contributed by atoms with Crippen LogP contribution in [0.2, 0.25) is 0 Å². The number of likely N-dealkylation sites (tertiary alicyclic amines) is 1. The molecule has 2 amide bonds. The van der Waals surface area contributed by atoms with Gasteiger partial charge in [0.25, 0.3) is 0 Å². The molecular weight excluding hydrogens is 333 g/mol. The summed E-state index contributed by atoms with van der Waals surface area (Å²) in [5.74, 6) is -0.0990. The molecule has 1 aromatic rings. The van der Waals surface area contributed by atoms with E-state index < -0.39 is 11.7 Å². The summed E-state index contributed by atoms with van der Waals surface area (Å²) < 4.78 is 39.7. The number of carbonyl (C=O) groups excluding carboxylic acids is 1. The predicted molar refractivity (Wildman–Crippen MR) is 90.5 cm³/mol. The summed E-state index contributed by atoms with van der Waals surface area (Å²) >= 11 is 0. The van der Waals surface area contributed by atoms with E-state index in [0.29, 0.717) is 19.5 Å². The summed E-state index contributed by atoms with van der Waals surface area (Å²) in [6.45, 7) is 6.64. The zero-order valence-electron chi connectivity index (χ0n) is 15.0. The molecule has 1 saturated heterocycles. The van der Waals surface area contributed by atoms with E-state index in [4.69, 9.17) is 0 Å². The fourth-order valence-corrected chi connectivity index (χ4v) is 2.93. The van der Waals surface area contributed by atoms with Crippen LogP contribution in [0.4, 0.5) is 23.8 Å². The lowest BCUT2D eigenvalue weighted by molar-refractivity contribution is -0.137. The summed E-state index contributed by atoms with van der Waals surface area (Å²) in [7, 11) is 1.60. The van der Waals surface area contributed by atoms with E-state index in [9.17, 15) is 18.0 Å². The third kappa shape index (κ3) is 4.99. The lowest BCUT2D eigenvalue weighted by atomic mass is 10.0. The monoisotopic (exact) mass is 358 g/mol. The number of rotatable bonds is 2. The van der Waals surface area contributed by atoms with Gasteiger partial charge >= 0.3 is 12.2 Å². The van der Waals surface area contributed by atoms with E-state index in [-0.39, 0.29) is 23.4 Å². The van der Waals surface area contributed by atoms with Gasteiger partial charge in [-0.3, -0.25) is 0 Å². The molecule has 1 fully saturated rings. The van der Waals surface area contributed by atoms with Gasteiger partial charge in [0.05, 0.1) is 5.56 Å². The van der Waals surface area contributed by atoms with Crippen molar-refractivity contribution in [2.45, 2.75) is 51.4 Å². The number of hydrogen-bond donors (Lipinski definition) is 1. The number of piperidine rings is 1. The van der Waals surface area contributed by atoms with Gasteiger partial charge < -0.3 is 15.1 Å². The number of pyridine rings is 1. The minimum Gasteiger partial charge on any atom is -0.354 e. The molecule has 2 heterocycles. The first-order valence-electron chi connectivity index (χ1n) is 8.31. The van der Waals surface area contributed by atoms with E-state index in [2.05, 4.69) is 10.3 Å². The zero-order chi connectivity index (χ0) is 18.8. The average Bonchev–Trinajstić information content (AvgIpc) is 2.52. The van der Waals surface area contributed by atoms with Crippen LogP contribution in [0.25, 0.3) is 0 Å². The Balaban J connectivity index is 2.15. The summed E-state index contributed by atoms with van der Waals surface area (Å²) in [6, 6.07) is 1.91. The fourth-order valence-electron chi connectivity index (χ4n) is 2.93. The predicted octanol–water partition coefficient (Wildman–Crippen LogP) is 3.51. The van der Waals surface area contributed by atoms with Gasteiger partial charge in [-0.25, -0.2) is 9.78 Å². The second kappa shape index (κ2) is 7.09. The fraction of sp³-hybridized carbons (Fsp3) is 0.647. The third-order valence-electron chi connectivity index (χ3n) is 4.14. The van der Waals surface area contributed by atoms with Crippen molar-refractivity contribution in [3.8, 4) is 0 Å². The first-order valence-corrected chi connectivity index (χ1v) is 8.31. The molecule has 8 heteroatoms. The number of nitrogens with zero attached hydrogens (tertiary/aromatic N) is 3. The largest absolute Gasteiger partial charge is 0.419 e. The summed E-state index contributed by atoms with van der Waals surface area (Å²) in [5, 5.41) is 2.90. The van der Waals surface area contributed by atoms with Crippen LogP contribution in [0.1, 0.15) is 39.2 Å². The van der Waals surface area contributed by atoms with E-state index in [1.165, 1.54) is 12.3 Å². The lowest BCUT2D eigenvalue weighted by Crippen LogP contribution is -2.55. The van der Waals surface area contributed by atoms with Gasteiger partial charge in [0.1, 0.15) is 5.82 Å². The number of hydrogen-bond acceptors (Lipinski definition) is 3. The quantitative estimate of drug-likeness (QED) is 0.880. The van der Waals surface area contributed by atoms with Crippen molar-refractivity contribution < 1.29 is 18.0 Å². The van der Waals surface area contributed by atoms with Crippen molar-refractivity contribution in [1.82, 2.24) is 15.2 Å². The van der Waals surface area contributed by atoms with Crippen LogP contribution >= 0.6 is 0 Å². The van der Waals surface area contributed by atoms with Crippen molar-refractivity contribution in [3.05, 3.63) is 23.9 Å². The molecule has 0 aromatic carbocycles. The van der Waals surface area contributed by atoms with Crippen molar-refractivity contribution in [1.29, 1.82) is 0 Å². The normalized spacial score (nSPS) is 18.8. The molecular formula is C17H25F3N4O. The van der Waals surface area contributed by atoms with Gasteiger partial charge in [-0.15, -0.1) is 0 Å². The van der Waals surface area contributed by atoms with Gasteiger partial charge in [0.15, 0.2) is 0 Å². The Bertz CT molecular complexity index is 613. The van der Waals surface area contributed by atoms with Crippen LogP contribution in [0.15, 0.2) is 18.3 Å². The van der Waals surface area contributed by atoms with E-state index in [1.54, 1.807) is 16.8 Å². The Morgan fingerprint density at radius 3 is 2.64 bits per heavy atom. The van der Waals surface area contributed by atoms with Gasteiger partial charge in [-0.05, 0) is 45.7 Å². The number of alkyl halides is 3. The number of aromatic nitrogens is 1. The number of likely N-dealkylation sites (N-methyl/N-ethyl adjacent to an activating group) is 1. The van der Waals surface area contributed by atoms with Crippen LogP contribution in [0.5, 0.6) is 0 Å². The van der Waals surface area contributed by atoms with E-state index in [1.807, 2.05) is 20.8 Å². The standard InChI is InChI=1S/C17H25F3N4O/c1-16(2,3)22-15(25)24-10-6-7-12(11-24)23(4)14-13(17(18,19)20)8-5-9-21-14/h5,8-9,12H,6-7,10-11H2,1-4H3,(H,22,25). The van der Waals surface area contributed by atoms with Crippen molar-refractivity contribution in [3.63, 3.8) is 0 Å². The molecule has 0 saturated carbocycles. The summed E-state index contributed by atoms with van der Waals surface area (Å²) in [4.78, 5) is 19.5. The van der Waals surface area contributed by atoms with Crippen LogP contribution in [-0.2, 0) is 6.18 Å². The molecule has 0 radical (unpaired) electrons. The molecule has 1 aliphatic rings. The van der Waals surface area contributed by atoms with Crippen molar-refractivity contribution >= 4 is 11.8 Å². The molecule has 1 aliphatic heterocycles. The second-order valence-electron chi connectivity index (χ2n) is 7.41. The van der Waals surface area contributed by atoms with Gasteiger partial charge in [0, 0.05) is 37.9 Å². The Hall–Kier alpha value is -1.99. The molecule has 5 nitrogen and oxygen atoms in total. The van der Waals surface area contributed by atoms with Crippen LogP contribution in [-0.4, -0.2) is 47.6 Å². The topological polar surface area (TPSA) is 48.5 Å². The molecule has 0 bridgehead atoms. The maximum Gasteiger partial charge on any atom is 0.419 e. The van der Waals surface area contributed by atoms with Gasteiger partial charge in [0.2, 0.25) is 0 Å². The third-order valence-corrected chi connectivity index (χ3v) is 4.14. The van der Waals surface area contributed by atoms with E-state index in [0.717, 1.165) is 12.5 Å². The first-order chi connectivity index (χ1) is 11.5. The number of anilines is 1. The minimum absolute atomic E-state index is 0.0990. The number of carbonyl (C=O) groups is 1. The molecule has 0 spiro atoms. The van der Waals surface area contributed by atoms with Crippen LogP contribution < -0.4 is 10.2 Å². The SMILES string of the molecule is CN(c1ncccc1C(F)(F)F)C1CCCN(C(=O)NC(C)(C)C)C1. The molecule has 1 N–H and O–H groups in total. The maximum atomic E-state index is 13.2. The Morgan fingerprint density at radius 1 is 1.36 bits per heavy atom. The van der Waals surface area contributed by atoms with Gasteiger partial charge in [-0.2, -0.15) is 13.2 Å². The van der Waals surface area contributed by atoms with Crippen molar-refractivity contribution in [2.75, 3.05) is 25.0 Å². The Kier molecular flexibility index (Phi) is 5.49. The molecule has 140 valence electrons. The molecule has 25 heavy (non-hydrogen) atoms. The van der Waals surface area contributed by atoms with E-state index >= 15 is 0 Å².